The van der Waals surface area contributed by atoms with Crippen molar-refractivity contribution in [1.29, 1.82) is 0 Å². The second-order valence-corrected chi connectivity index (χ2v) is 5.83. The number of aromatic carboxylic acids is 1. The summed E-state index contributed by atoms with van der Waals surface area (Å²) < 4.78 is 30.8. The summed E-state index contributed by atoms with van der Waals surface area (Å²) in [5, 5.41) is 8.77. The molecule has 6 nitrogen and oxygen atoms in total. The van der Waals surface area contributed by atoms with E-state index >= 15 is 4.39 Å². The maximum Gasteiger partial charge on any atom is 0.341 e. The van der Waals surface area contributed by atoms with Crippen LogP contribution in [0.3, 0.4) is 0 Å². The van der Waals surface area contributed by atoms with Crippen LogP contribution < -0.4 is 16.1 Å². The van der Waals surface area contributed by atoms with E-state index in [0.29, 0.717) is 19.4 Å². The highest BCUT2D eigenvalue weighted by atomic mass is 19.1. The van der Waals surface area contributed by atoms with Crippen molar-refractivity contribution in [2.24, 2.45) is 5.73 Å². The van der Waals surface area contributed by atoms with E-state index in [9.17, 15) is 14.0 Å². The van der Waals surface area contributed by atoms with Crippen LogP contribution in [-0.4, -0.2) is 28.4 Å². The fourth-order valence-electron chi connectivity index (χ4n) is 3.19. The molecule has 1 aromatic heterocycles. The summed E-state index contributed by atoms with van der Waals surface area (Å²) in [4.78, 5) is 24.9. The Morgan fingerprint density at radius 3 is 2.76 bits per heavy atom. The predicted molar refractivity (Wildman–Crippen MR) is 88.5 cm³/mol. The third-order valence-electron chi connectivity index (χ3n) is 4.31. The first kappa shape index (κ1) is 16.9. The number of nitrogens with zero attached hydrogens (tertiary/aromatic N) is 2. The molecule has 1 atom stereocenters. The molecule has 8 heteroatoms. The van der Waals surface area contributed by atoms with E-state index in [2.05, 4.69) is 5.92 Å². The molecular weight excluding hydrogens is 332 g/mol. The second-order valence-electron chi connectivity index (χ2n) is 5.83. The molecule has 2 aromatic rings. The largest absolute Gasteiger partial charge is 0.477 e. The van der Waals surface area contributed by atoms with Gasteiger partial charge in [0.15, 0.2) is 5.82 Å². The SMILES string of the molecule is C#CCn1cc(C(=O)O)c(=O)c2cc(F)c(N3CCCC3N)c(F)c21. The topological polar surface area (TPSA) is 88.6 Å². The molecule has 0 saturated carbocycles. The molecule has 3 N–H and O–H groups in total. The highest BCUT2D eigenvalue weighted by Gasteiger charge is 2.29. The maximum atomic E-state index is 15.1. The zero-order valence-electron chi connectivity index (χ0n) is 13.1. The van der Waals surface area contributed by atoms with Crippen molar-refractivity contribution in [3.05, 3.63) is 39.7 Å². The number of fused-ring (bicyclic) bond motifs is 1. The quantitative estimate of drug-likeness (QED) is 0.822. The molecule has 0 aliphatic carbocycles. The molecule has 1 aliphatic heterocycles. The Morgan fingerprint density at radius 1 is 1.48 bits per heavy atom. The van der Waals surface area contributed by atoms with Crippen molar-refractivity contribution < 1.29 is 18.7 Å². The first-order valence-corrected chi connectivity index (χ1v) is 7.61. The van der Waals surface area contributed by atoms with Crippen molar-refractivity contribution in [3.63, 3.8) is 0 Å². The van der Waals surface area contributed by atoms with Crippen LogP contribution in [0.25, 0.3) is 10.9 Å². The van der Waals surface area contributed by atoms with E-state index in [1.807, 2.05) is 0 Å². The van der Waals surface area contributed by atoms with Gasteiger partial charge >= 0.3 is 5.97 Å². The molecule has 130 valence electrons. The molecule has 0 radical (unpaired) electrons. The Bertz CT molecular complexity index is 978. The molecule has 0 amide bonds. The number of hydrogen-bond donors (Lipinski definition) is 2. The van der Waals surface area contributed by atoms with E-state index in [1.54, 1.807) is 0 Å². The normalized spacial score (nSPS) is 17.0. The van der Waals surface area contributed by atoms with Crippen LogP contribution in [0.5, 0.6) is 0 Å². The van der Waals surface area contributed by atoms with Crippen LogP contribution in [-0.2, 0) is 6.54 Å². The van der Waals surface area contributed by atoms with Crippen molar-refractivity contribution in [2.75, 3.05) is 11.4 Å². The lowest BCUT2D eigenvalue weighted by atomic mass is 10.1. The van der Waals surface area contributed by atoms with E-state index in [-0.39, 0.29) is 23.1 Å². The van der Waals surface area contributed by atoms with Crippen LogP contribution in [0.4, 0.5) is 14.5 Å². The molecule has 1 aliphatic rings. The molecule has 3 rings (SSSR count). The van der Waals surface area contributed by atoms with Crippen molar-refractivity contribution in [2.45, 2.75) is 25.6 Å². The fraction of sp³-hybridized carbons (Fsp3) is 0.294. The summed E-state index contributed by atoms with van der Waals surface area (Å²) in [6, 6.07) is 0.848. The van der Waals surface area contributed by atoms with Gasteiger partial charge in [0, 0.05) is 12.7 Å². The summed E-state index contributed by atoms with van der Waals surface area (Å²) in [6.07, 6.45) is 6.97. The lowest BCUT2D eigenvalue weighted by Gasteiger charge is -2.25. The van der Waals surface area contributed by atoms with Crippen LogP contribution >= 0.6 is 0 Å². The zero-order valence-corrected chi connectivity index (χ0v) is 13.1. The minimum Gasteiger partial charge on any atom is -0.477 e. The molecule has 0 bridgehead atoms. The molecule has 0 spiro atoms. The van der Waals surface area contributed by atoms with Gasteiger partial charge in [-0.1, -0.05) is 5.92 Å². The average molecular weight is 347 g/mol. The van der Waals surface area contributed by atoms with Gasteiger partial charge < -0.3 is 20.3 Å². The summed E-state index contributed by atoms with van der Waals surface area (Å²) in [5.41, 5.74) is 3.77. The number of halogens is 2. The minimum absolute atomic E-state index is 0.175. The van der Waals surface area contributed by atoms with Crippen molar-refractivity contribution >= 4 is 22.6 Å². The maximum absolute atomic E-state index is 15.1. The van der Waals surface area contributed by atoms with E-state index in [1.165, 1.54) is 4.90 Å². The molecule has 25 heavy (non-hydrogen) atoms. The zero-order chi connectivity index (χ0) is 18.3. The van der Waals surface area contributed by atoms with E-state index in [4.69, 9.17) is 17.3 Å². The van der Waals surface area contributed by atoms with Gasteiger partial charge in [0.1, 0.15) is 17.1 Å². The van der Waals surface area contributed by atoms with Crippen molar-refractivity contribution in [1.82, 2.24) is 4.57 Å². The van der Waals surface area contributed by atoms with Gasteiger partial charge in [0.05, 0.1) is 23.6 Å². The lowest BCUT2D eigenvalue weighted by Crippen LogP contribution is -2.37. The summed E-state index contributed by atoms with van der Waals surface area (Å²) in [5.74, 6) is -1.16. The monoisotopic (exact) mass is 347 g/mol. The van der Waals surface area contributed by atoms with Crippen LogP contribution in [0, 0.1) is 24.0 Å². The number of hydrogen-bond acceptors (Lipinski definition) is 4. The lowest BCUT2D eigenvalue weighted by molar-refractivity contribution is 0.0695. The summed E-state index contributed by atoms with van der Waals surface area (Å²) in [7, 11) is 0. The third kappa shape index (κ3) is 2.62. The second kappa shape index (κ2) is 6.18. The number of carboxylic acids is 1. The van der Waals surface area contributed by atoms with Crippen LogP contribution in [0.2, 0.25) is 0 Å². The fourth-order valence-corrected chi connectivity index (χ4v) is 3.19. The molecule has 1 saturated heterocycles. The number of carboxylic acid groups (broad SMARTS) is 1. The average Bonchev–Trinajstić information content (AvgIpc) is 2.96. The Hall–Kier alpha value is -2.92. The number of anilines is 1. The van der Waals surface area contributed by atoms with Crippen LogP contribution in [0.1, 0.15) is 23.2 Å². The Kier molecular flexibility index (Phi) is 4.18. The highest BCUT2D eigenvalue weighted by molar-refractivity contribution is 5.94. The highest BCUT2D eigenvalue weighted by Crippen LogP contribution is 2.33. The smallest absolute Gasteiger partial charge is 0.341 e. The summed E-state index contributed by atoms with van der Waals surface area (Å²) in [6.45, 7) is 0.207. The van der Waals surface area contributed by atoms with Crippen molar-refractivity contribution in [3.8, 4) is 12.3 Å². The molecular formula is C17H15F2N3O3. The number of terminal acetylenes is 1. The van der Waals surface area contributed by atoms with Gasteiger partial charge in [0.2, 0.25) is 5.43 Å². The van der Waals surface area contributed by atoms with E-state index < -0.39 is 34.8 Å². The Balaban J connectivity index is 2.40. The minimum atomic E-state index is -1.50. The molecule has 1 aromatic carbocycles. The Labute approximate surface area is 141 Å². The first-order chi connectivity index (χ1) is 11.9. The van der Waals surface area contributed by atoms with Gasteiger partial charge in [0.25, 0.3) is 0 Å². The van der Waals surface area contributed by atoms with Gasteiger partial charge in [-0.05, 0) is 18.9 Å². The standard InChI is InChI=1S/C17H15F2N3O3/c1-2-5-21-8-10(17(24)25)16(23)9-7-11(18)15(13(19)14(9)21)22-6-3-4-12(22)20/h1,7-8,12H,3-6,20H2,(H,24,25). The van der Waals surface area contributed by atoms with E-state index in [0.717, 1.165) is 16.8 Å². The van der Waals surface area contributed by atoms with Gasteiger partial charge in [-0.15, -0.1) is 6.42 Å². The number of pyridine rings is 1. The van der Waals surface area contributed by atoms with Crippen LogP contribution in [0.15, 0.2) is 17.1 Å². The van der Waals surface area contributed by atoms with Gasteiger partial charge in [-0.25, -0.2) is 13.6 Å². The number of carbonyl (C=O) groups is 1. The molecule has 2 heterocycles. The Morgan fingerprint density at radius 2 is 2.20 bits per heavy atom. The van der Waals surface area contributed by atoms with Gasteiger partial charge in [-0.3, -0.25) is 4.79 Å². The number of aromatic nitrogens is 1. The molecule has 1 unspecified atom stereocenters. The number of rotatable bonds is 3. The summed E-state index contributed by atoms with van der Waals surface area (Å²) >= 11 is 0. The first-order valence-electron chi connectivity index (χ1n) is 7.61. The number of benzene rings is 1. The third-order valence-corrected chi connectivity index (χ3v) is 4.31. The molecule has 1 fully saturated rings. The number of nitrogens with two attached hydrogens (primary N) is 1. The predicted octanol–water partition coefficient (Wildman–Crippen LogP) is 1.50. The van der Waals surface area contributed by atoms with Gasteiger partial charge in [-0.2, -0.15) is 0 Å².